The first-order chi connectivity index (χ1) is 13.0. The van der Waals surface area contributed by atoms with Gasteiger partial charge in [-0.1, -0.05) is 11.2 Å². The van der Waals surface area contributed by atoms with Gasteiger partial charge >= 0.3 is 0 Å². The Morgan fingerprint density at radius 3 is 2.89 bits per heavy atom. The van der Waals surface area contributed by atoms with Gasteiger partial charge in [0, 0.05) is 6.54 Å². The van der Waals surface area contributed by atoms with Crippen molar-refractivity contribution in [1.82, 2.24) is 20.8 Å². The van der Waals surface area contributed by atoms with Gasteiger partial charge in [0.1, 0.15) is 6.54 Å². The van der Waals surface area contributed by atoms with Gasteiger partial charge in [0.2, 0.25) is 5.89 Å². The van der Waals surface area contributed by atoms with Crippen molar-refractivity contribution in [3.05, 3.63) is 41.3 Å². The molecule has 1 unspecified atom stereocenters. The number of nitrogens with one attached hydrogen (secondary N) is 2. The van der Waals surface area contributed by atoms with Gasteiger partial charge in [-0.15, -0.1) is 0 Å². The lowest BCUT2D eigenvalue weighted by Crippen LogP contribution is -2.38. The number of benzene rings is 1. The Morgan fingerprint density at radius 1 is 1.44 bits per heavy atom. The van der Waals surface area contributed by atoms with Gasteiger partial charge in [-0.05, 0) is 57.2 Å². The van der Waals surface area contributed by atoms with E-state index >= 15 is 0 Å². The third kappa shape index (κ3) is 5.67. The summed E-state index contributed by atoms with van der Waals surface area (Å²) in [4.78, 5) is 8.57. The van der Waals surface area contributed by atoms with E-state index in [2.05, 4.69) is 25.8 Å². The van der Waals surface area contributed by atoms with E-state index in [0.29, 0.717) is 42.5 Å². The van der Waals surface area contributed by atoms with Crippen molar-refractivity contribution in [3.8, 4) is 5.75 Å². The molecule has 0 amide bonds. The molecular formula is C19H26FN5O2. The first-order valence-corrected chi connectivity index (χ1v) is 9.31. The van der Waals surface area contributed by atoms with E-state index in [9.17, 15) is 4.39 Å². The molecule has 1 atom stereocenters. The van der Waals surface area contributed by atoms with Gasteiger partial charge in [-0.25, -0.2) is 9.38 Å². The molecule has 3 rings (SSSR count). The predicted molar refractivity (Wildman–Crippen MR) is 100 cm³/mol. The highest BCUT2D eigenvalue weighted by molar-refractivity contribution is 5.80. The van der Waals surface area contributed by atoms with E-state index in [1.807, 2.05) is 19.9 Å². The lowest BCUT2D eigenvalue weighted by atomic mass is 10.1. The molecule has 7 nitrogen and oxygen atoms in total. The molecule has 27 heavy (non-hydrogen) atoms. The normalized spacial score (nSPS) is 15.5. The van der Waals surface area contributed by atoms with E-state index in [1.54, 1.807) is 13.0 Å². The Hall–Kier alpha value is -2.64. The van der Waals surface area contributed by atoms with E-state index in [4.69, 9.17) is 9.26 Å². The Bertz CT molecular complexity index is 788. The summed E-state index contributed by atoms with van der Waals surface area (Å²) in [5, 5.41) is 10.2. The summed E-state index contributed by atoms with van der Waals surface area (Å²) in [6.07, 6.45) is 2.35. The second-order valence-corrected chi connectivity index (χ2v) is 6.74. The van der Waals surface area contributed by atoms with Crippen LogP contribution in [0.15, 0.2) is 27.7 Å². The largest absolute Gasteiger partial charge is 0.490 e. The zero-order valence-corrected chi connectivity index (χ0v) is 16.0. The molecule has 0 bridgehead atoms. The monoisotopic (exact) mass is 375 g/mol. The molecule has 1 heterocycles. The minimum atomic E-state index is -0.343. The number of aliphatic imine (C=N–C) groups is 1. The lowest BCUT2D eigenvalue weighted by Gasteiger charge is -2.18. The number of rotatable bonds is 8. The van der Waals surface area contributed by atoms with Gasteiger partial charge in [0.05, 0.1) is 12.6 Å². The number of aryl methyl sites for hydroxylation is 1. The Morgan fingerprint density at radius 2 is 2.26 bits per heavy atom. The second-order valence-electron chi connectivity index (χ2n) is 6.74. The minimum Gasteiger partial charge on any atom is -0.490 e. The SMILES string of the molecule is CCNC(=NCc1nc(C)no1)NC(C)c1ccc(OCC2CC2)c(F)c1. The van der Waals surface area contributed by atoms with Crippen LogP contribution < -0.4 is 15.4 Å². The molecular weight excluding hydrogens is 349 g/mol. The molecule has 8 heteroatoms. The van der Waals surface area contributed by atoms with Crippen molar-refractivity contribution < 1.29 is 13.7 Å². The van der Waals surface area contributed by atoms with Crippen LogP contribution in [0, 0.1) is 18.7 Å². The van der Waals surface area contributed by atoms with Gasteiger partial charge in [-0.2, -0.15) is 4.98 Å². The molecule has 0 radical (unpaired) electrons. The maximum Gasteiger partial charge on any atom is 0.248 e. The van der Waals surface area contributed by atoms with Crippen LogP contribution in [-0.4, -0.2) is 29.3 Å². The van der Waals surface area contributed by atoms with Gasteiger partial charge < -0.3 is 19.9 Å². The van der Waals surface area contributed by atoms with Crippen LogP contribution in [0.3, 0.4) is 0 Å². The molecule has 0 saturated heterocycles. The fraction of sp³-hybridized carbons (Fsp3) is 0.526. The van der Waals surface area contributed by atoms with Gasteiger partial charge in [-0.3, -0.25) is 0 Å². The summed E-state index contributed by atoms with van der Waals surface area (Å²) in [6.45, 7) is 7.24. The predicted octanol–water partition coefficient (Wildman–Crippen LogP) is 3.12. The number of nitrogens with zero attached hydrogens (tertiary/aromatic N) is 3. The van der Waals surface area contributed by atoms with Crippen LogP contribution >= 0.6 is 0 Å². The highest BCUT2D eigenvalue weighted by Crippen LogP contribution is 2.30. The molecule has 1 aliphatic carbocycles. The van der Waals surface area contributed by atoms with Crippen molar-refractivity contribution in [3.63, 3.8) is 0 Å². The van der Waals surface area contributed by atoms with Crippen molar-refractivity contribution in [2.75, 3.05) is 13.2 Å². The fourth-order valence-electron chi connectivity index (χ4n) is 2.56. The third-order valence-corrected chi connectivity index (χ3v) is 4.27. The Kier molecular flexibility index (Phi) is 6.26. The smallest absolute Gasteiger partial charge is 0.248 e. The number of hydrogen-bond donors (Lipinski definition) is 2. The maximum absolute atomic E-state index is 14.3. The molecule has 1 fully saturated rings. The summed E-state index contributed by atoms with van der Waals surface area (Å²) in [5.74, 6) is 2.17. The molecule has 2 aromatic rings. The van der Waals surface area contributed by atoms with Gasteiger partial charge in [0.15, 0.2) is 23.4 Å². The summed E-state index contributed by atoms with van der Waals surface area (Å²) in [5.41, 5.74) is 0.811. The van der Waals surface area contributed by atoms with Crippen molar-refractivity contribution >= 4 is 5.96 Å². The first-order valence-electron chi connectivity index (χ1n) is 9.31. The van der Waals surface area contributed by atoms with Crippen LogP contribution in [-0.2, 0) is 6.54 Å². The third-order valence-electron chi connectivity index (χ3n) is 4.27. The highest BCUT2D eigenvalue weighted by atomic mass is 19.1. The van der Waals surface area contributed by atoms with Crippen molar-refractivity contribution in [2.45, 2.75) is 46.2 Å². The average Bonchev–Trinajstić information content (AvgIpc) is 3.38. The molecule has 2 N–H and O–H groups in total. The summed E-state index contributed by atoms with van der Waals surface area (Å²) in [7, 11) is 0. The molecule has 0 aliphatic heterocycles. The standard InChI is InChI=1S/C19H26FN5O2/c1-4-21-19(22-10-18-24-13(3)25-27-18)23-12(2)15-7-8-17(16(20)9-15)26-11-14-5-6-14/h7-9,12,14H,4-6,10-11H2,1-3H3,(H2,21,22,23). The average molecular weight is 375 g/mol. The topological polar surface area (TPSA) is 84.6 Å². The molecule has 146 valence electrons. The number of hydrogen-bond acceptors (Lipinski definition) is 5. The fourth-order valence-corrected chi connectivity index (χ4v) is 2.56. The van der Waals surface area contributed by atoms with Crippen LogP contribution in [0.2, 0.25) is 0 Å². The Balaban J connectivity index is 1.61. The summed E-state index contributed by atoms with van der Waals surface area (Å²) in [6, 6.07) is 4.93. The second kappa shape index (κ2) is 8.83. The molecule has 1 aliphatic rings. The quantitative estimate of drug-likeness (QED) is 0.545. The van der Waals surface area contributed by atoms with E-state index < -0.39 is 0 Å². The van der Waals surface area contributed by atoms with E-state index in [0.717, 1.165) is 5.56 Å². The lowest BCUT2D eigenvalue weighted by molar-refractivity contribution is 0.285. The molecule has 1 aromatic carbocycles. The molecule has 0 spiro atoms. The van der Waals surface area contributed by atoms with Crippen molar-refractivity contribution in [2.24, 2.45) is 10.9 Å². The summed E-state index contributed by atoms with van der Waals surface area (Å²) >= 11 is 0. The molecule has 1 saturated carbocycles. The van der Waals surface area contributed by atoms with Gasteiger partial charge in [0.25, 0.3) is 0 Å². The van der Waals surface area contributed by atoms with E-state index in [1.165, 1.54) is 18.9 Å². The van der Waals surface area contributed by atoms with Crippen LogP contribution in [0.1, 0.15) is 50.0 Å². The van der Waals surface area contributed by atoms with Crippen LogP contribution in [0.5, 0.6) is 5.75 Å². The Labute approximate surface area is 158 Å². The van der Waals surface area contributed by atoms with E-state index in [-0.39, 0.29) is 18.4 Å². The number of ether oxygens (including phenoxy) is 1. The maximum atomic E-state index is 14.3. The zero-order valence-electron chi connectivity index (χ0n) is 16.0. The number of aromatic nitrogens is 2. The van der Waals surface area contributed by atoms with Crippen LogP contribution in [0.4, 0.5) is 4.39 Å². The number of guanidine groups is 1. The first kappa shape index (κ1) is 19.1. The molecule has 1 aromatic heterocycles. The summed E-state index contributed by atoms with van der Waals surface area (Å²) < 4.78 is 24.9. The van der Waals surface area contributed by atoms with Crippen LogP contribution in [0.25, 0.3) is 0 Å². The number of halogens is 1. The zero-order chi connectivity index (χ0) is 19.2. The van der Waals surface area contributed by atoms with Crippen molar-refractivity contribution in [1.29, 1.82) is 0 Å². The highest BCUT2D eigenvalue weighted by Gasteiger charge is 2.22. The minimum absolute atomic E-state index is 0.140.